The first-order valence-corrected chi connectivity index (χ1v) is 3.15. The summed E-state index contributed by atoms with van der Waals surface area (Å²) in [6.07, 6.45) is 0.613. The van der Waals surface area contributed by atoms with Gasteiger partial charge in [0.05, 0.1) is 11.0 Å². The molecule has 0 unspecified atom stereocenters. The standard InChI is InChI=1S/C7H6N2O3/c10-5-6-2-1-3-7(4-6)9(12)8-11/h1-5,12H. The van der Waals surface area contributed by atoms with Gasteiger partial charge >= 0.3 is 0 Å². The predicted molar refractivity (Wildman–Crippen MR) is 41.9 cm³/mol. The molecule has 0 bridgehead atoms. The van der Waals surface area contributed by atoms with Gasteiger partial charge in [0.25, 0.3) is 0 Å². The van der Waals surface area contributed by atoms with E-state index in [9.17, 15) is 9.70 Å². The Morgan fingerprint density at radius 2 is 2.25 bits per heavy atom. The van der Waals surface area contributed by atoms with Crippen LogP contribution in [0.25, 0.3) is 0 Å². The van der Waals surface area contributed by atoms with E-state index >= 15 is 0 Å². The van der Waals surface area contributed by atoms with Gasteiger partial charge in [-0.3, -0.25) is 10.0 Å². The maximum absolute atomic E-state index is 10.3. The van der Waals surface area contributed by atoms with Crippen LogP contribution in [0.15, 0.2) is 29.6 Å². The molecule has 0 fully saturated rings. The zero-order valence-electron chi connectivity index (χ0n) is 6.04. The van der Waals surface area contributed by atoms with E-state index in [0.29, 0.717) is 11.8 Å². The molecule has 1 rings (SSSR count). The zero-order chi connectivity index (χ0) is 8.97. The van der Waals surface area contributed by atoms with E-state index in [1.54, 1.807) is 6.07 Å². The van der Waals surface area contributed by atoms with Crippen molar-refractivity contribution in [1.82, 2.24) is 0 Å². The minimum absolute atomic E-state index is 0.160. The third kappa shape index (κ3) is 1.64. The van der Waals surface area contributed by atoms with Crippen molar-refractivity contribution in [2.45, 2.75) is 0 Å². The highest BCUT2D eigenvalue weighted by Gasteiger charge is 2.01. The molecule has 0 atom stereocenters. The van der Waals surface area contributed by atoms with Crippen molar-refractivity contribution in [2.75, 3.05) is 5.17 Å². The van der Waals surface area contributed by atoms with Gasteiger partial charge in [-0.15, -0.1) is 10.1 Å². The maximum atomic E-state index is 10.3. The molecule has 0 saturated heterocycles. The first-order valence-electron chi connectivity index (χ1n) is 3.15. The number of nitroso groups, excluding NO2 is 1. The number of carbonyl (C=O) groups excluding carboxylic acids is 1. The van der Waals surface area contributed by atoms with E-state index in [1.165, 1.54) is 18.2 Å². The monoisotopic (exact) mass is 166 g/mol. The lowest BCUT2D eigenvalue weighted by Crippen LogP contribution is -2.07. The number of aldehydes is 1. The molecule has 0 heterocycles. The normalized spacial score (nSPS) is 9.08. The van der Waals surface area contributed by atoms with Gasteiger partial charge in [-0.05, 0) is 12.1 Å². The fraction of sp³-hybridized carbons (Fsp3) is 0. The molecular weight excluding hydrogens is 160 g/mol. The lowest BCUT2D eigenvalue weighted by atomic mass is 10.2. The number of anilines is 1. The number of hydrogen-bond acceptors (Lipinski definition) is 4. The minimum atomic E-state index is 0.160. The fourth-order valence-corrected chi connectivity index (χ4v) is 0.770. The molecule has 5 nitrogen and oxygen atoms in total. The third-order valence-corrected chi connectivity index (χ3v) is 1.31. The molecule has 0 spiro atoms. The van der Waals surface area contributed by atoms with Crippen LogP contribution in [-0.2, 0) is 0 Å². The van der Waals surface area contributed by atoms with E-state index in [4.69, 9.17) is 5.21 Å². The van der Waals surface area contributed by atoms with Crippen molar-refractivity contribution >= 4 is 12.0 Å². The van der Waals surface area contributed by atoms with Crippen molar-refractivity contribution in [3.63, 3.8) is 0 Å². The summed E-state index contributed by atoms with van der Waals surface area (Å²) in [5.74, 6) is 0. The molecule has 0 aliphatic heterocycles. The molecule has 0 saturated carbocycles. The molecule has 0 aliphatic rings. The Morgan fingerprint density at radius 1 is 1.50 bits per heavy atom. The molecule has 0 radical (unpaired) electrons. The molecule has 5 heteroatoms. The molecule has 1 aromatic carbocycles. The van der Waals surface area contributed by atoms with Crippen LogP contribution in [0, 0.1) is 4.91 Å². The Bertz CT molecular complexity index is 300. The Kier molecular flexibility index (Phi) is 2.49. The summed E-state index contributed by atoms with van der Waals surface area (Å²) in [7, 11) is 0. The number of carbonyl (C=O) groups is 1. The summed E-state index contributed by atoms with van der Waals surface area (Å²) < 4.78 is 0. The topological polar surface area (TPSA) is 70.0 Å². The van der Waals surface area contributed by atoms with Gasteiger partial charge in [0.15, 0.2) is 0 Å². The molecule has 1 aromatic rings. The maximum Gasteiger partial charge on any atom is 0.150 e. The van der Waals surface area contributed by atoms with Crippen LogP contribution in [0.3, 0.4) is 0 Å². The SMILES string of the molecule is O=Cc1cccc(N(O)N=O)c1. The van der Waals surface area contributed by atoms with E-state index < -0.39 is 0 Å². The van der Waals surface area contributed by atoms with Gasteiger partial charge in [0.1, 0.15) is 6.29 Å². The van der Waals surface area contributed by atoms with Gasteiger partial charge in [-0.1, -0.05) is 12.1 Å². The molecule has 1 N–H and O–H groups in total. The second-order valence-electron chi connectivity index (χ2n) is 2.08. The first-order chi connectivity index (χ1) is 5.77. The van der Waals surface area contributed by atoms with Gasteiger partial charge in [-0.25, -0.2) is 0 Å². The second kappa shape index (κ2) is 3.59. The van der Waals surface area contributed by atoms with Gasteiger partial charge in [0.2, 0.25) is 0 Å². The van der Waals surface area contributed by atoms with Crippen LogP contribution < -0.4 is 5.17 Å². The number of nitrogens with zero attached hydrogens (tertiary/aromatic N) is 2. The summed E-state index contributed by atoms with van der Waals surface area (Å²) >= 11 is 0. The Labute approximate surface area is 68.1 Å². The average Bonchev–Trinajstić information content (AvgIpc) is 2.17. The lowest BCUT2D eigenvalue weighted by Gasteiger charge is -2.05. The van der Waals surface area contributed by atoms with Crippen molar-refractivity contribution in [2.24, 2.45) is 5.29 Å². The highest BCUT2D eigenvalue weighted by atomic mass is 16.6. The second-order valence-corrected chi connectivity index (χ2v) is 2.08. The summed E-state index contributed by atoms with van der Waals surface area (Å²) in [6.45, 7) is 0. The van der Waals surface area contributed by atoms with Gasteiger partial charge in [-0.2, -0.15) is 0 Å². The van der Waals surface area contributed by atoms with Crippen LogP contribution in [0.2, 0.25) is 0 Å². The van der Waals surface area contributed by atoms with E-state index in [2.05, 4.69) is 5.29 Å². The van der Waals surface area contributed by atoms with E-state index in [1.807, 2.05) is 0 Å². The highest BCUT2D eigenvalue weighted by molar-refractivity contribution is 5.76. The van der Waals surface area contributed by atoms with Crippen molar-refractivity contribution in [3.8, 4) is 0 Å². The Morgan fingerprint density at radius 3 is 2.83 bits per heavy atom. The molecule has 12 heavy (non-hydrogen) atoms. The molecular formula is C7H6N2O3. The van der Waals surface area contributed by atoms with Crippen LogP contribution >= 0.6 is 0 Å². The third-order valence-electron chi connectivity index (χ3n) is 1.31. The number of hydrogen-bond donors (Lipinski definition) is 1. The van der Waals surface area contributed by atoms with Crippen LogP contribution in [0.4, 0.5) is 5.69 Å². The number of benzene rings is 1. The number of rotatable bonds is 3. The van der Waals surface area contributed by atoms with E-state index in [0.717, 1.165) is 0 Å². The minimum Gasteiger partial charge on any atom is -0.298 e. The largest absolute Gasteiger partial charge is 0.298 e. The summed E-state index contributed by atoms with van der Waals surface area (Å²) in [5.41, 5.74) is 0.532. The fourth-order valence-electron chi connectivity index (χ4n) is 0.770. The Hall–Kier alpha value is -1.75. The summed E-state index contributed by atoms with van der Waals surface area (Å²) in [5, 5.41) is 11.2. The summed E-state index contributed by atoms with van der Waals surface area (Å²) in [6, 6.07) is 5.88. The quantitative estimate of drug-likeness (QED) is 0.418. The van der Waals surface area contributed by atoms with Crippen molar-refractivity contribution < 1.29 is 10.0 Å². The molecule has 0 aliphatic carbocycles. The predicted octanol–water partition coefficient (Wildman–Crippen LogP) is 1.38. The smallest absolute Gasteiger partial charge is 0.150 e. The molecule has 0 aromatic heterocycles. The van der Waals surface area contributed by atoms with Crippen LogP contribution in [0.1, 0.15) is 10.4 Å². The average molecular weight is 166 g/mol. The highest BCUT2D eigenvalue weighted by Crippen LogP contribution is 2.13. The van der Waals surface area contributed by atoms with Gasteiger partial charge in [0, 0.05) is 5.56 Å². The van der Waals surface area contributed by atoms with Crippen LogP contribution in [0.5, 0.6) is 0 Å². The summed E-state index contributed by atoms with van der Waals surface area (Å²) in [4.78, 5) is 20.1. The van der Waals surface area contributed by atoms with Crippen molar-refractivity contribution in [1.29, 1.82) is 0 Å². The lowest BCUT2D eigenvalue weighted by molar-refractivity contribution is 0.112. The van der Waals surface area contributed by atoms with Crippen LogP contribution in [-0.4, -0.2) is 11.5 Å². The Balaban J connectivity index is 3.00. The van der Waals surface area contributed by atoms with Gasteiger partial charge < -0.3 is 0 Å². The zero-order valence-corrected chi connectivity index (χ0v) is 6.04. The molecule has 62 valence electrons. The van der Waals surface area contributed by atoms with Crippen molar-refractivity contribution in [3.05, 3.63) is 34.7 Å². The van der Waals surface area contributed by atoms with E-state index in [-0.39, 0.29) is 10.9 Å². The molecule has 0 amide bonds. The first kappa shape index (κ1) is 8.35.